The fraction of sp³-hybridized carbons (Fsp3) is 0.833. The predicted octanol–water partition coefficient (Wildman–Crippen LogP) is 1.36. The zero-order valence-electron chi connectivity index (χ0n) is 10.8. The van der Waals surface area contributed by atoms with Crippen molar-refractivity contribution in [1.29, 1.82) is 0 Å². The minimum Gasteiger partial charge on any atom is -0.317 e. The minimum absolute atomic E-state index is 0.166. The van der Waals surface area contributed by atoms with Crippen molar-refractivity contribution in [3.63, 3.8) is 0 Å². The fourth-order valence-electron chi connectivity index (χ4n) is 3.58. The molecule has 4 nitrogen and oxygen atoms in total. The van der Waals surface area contributed by atoms with Crippen LogP contribution in [0, 0.1) is 0 Å². The van der Waals surface area contributed by atoms with Crippen molar-refractivity contribution in [1.82, 2.24) is 9.80 Å². The highest BCUT2D eigenvalue weighted by Gasteiger charge is 2.65. The van der Waals surface area contributed by atoms with Gasteiger partial charge in [-0.15, -0.1) is 23.5 Å². The van der Waals surface area contributed by atoms with Crippen LogP contribution in [-0.4, -0.2) is 57.0 Å². The second-order valence-corrected chi connectivity index (χ2v) is 7.26. The standard InChI is InChI=1S/C12H18N2O2S2/c1-17-11-5-3-7-13(11)10(16)12(18-2)6-4-8-14(12)9(11)15/h3-8H2,1-2H3/t11-,12-/m1/s1. The molecule has 3 rings (SSSR count). The molecule has 18 heavy (non-hydrogen) atoms. The Hall–Kier alpha value is -0.360. The number of hydrogen-bond donors (Lipinski definition) is 0. The molecule has 0 unspecified atom stereocenters. The molecular formula is C12H18N2O2S2. The first-order chi connectivity index (χ1) is 8.62. The lowest BCUT2D eigenvalue weighted by molar-refractivity contribution is -0.161. The Kier molecular flexibility index (Phi) is 2.86. The fourth-order valence-corrected chi connectivity index (χ4v) is 5.64. The molecule has 100 valence electrons. The van der Waals surface area contributed by atoms with E-state index in [0.717, 1.165) is 38.8 Å². The first-order valence-corrected chi connectivity index (χ1v) is 8.82. The highest BCUT2D eigenvalue weighted by atomic mass is 32.2. The molecule has 3 heterocycles. The summed E-state index contributed by atoms with van der Waals surface area (Å²) in [7, 11) is 0. The summed E-state index contributed by atoms with van der Waals surface area (Å²) >= 11 is 3.08. The Morgan fingerprint density at radius 2 is 1.28 bits per heavy atom. The van der Waals surface area contributed by atoms with Gasteiger partial charge in [-0.3, -0.25) is 9.59 Å². The third kappa shape index (κ3) is 1.26. The van der Waals surface area contributed by atoms with Crippen LogP contribution in [0.3, 0.4) is 0 Å². The van der Waals surface area contributed by atoms with Gasteiger partial charge >= 0.3 is 0 Å². The molecule has 0 spiro atoms. The Morgan fingerprint density at radius 1 is 0.889 bits per heavy atom. The van der Waals surface area contributed by atoms with Crippen LogP contribution in [0.1, 0.15) is 25.7 Å². The molecule has 6 heteroatoms. The summed E-state index contributed by atoms with van der Waals surface area (Å²) in [6.45, 7) is 1.48. The van der Waals surface area contributed by atoms with Crippen LogP contribution >= 0.6 is 23.5 Å². The molecule has 3 aliphatic heterocycles. The Balaban J connectivity index is 2.10. The number of rotatable bonds is 2. The van der Waals surface area contributed by atoms with E-state index in [1.165, 1.54) is 23.5 Å². The number of piperazine rings is 1. The van der Waals surface area contributed by atoms with Crippen LogP contribution in [0.5, 0.6) is 0 Å². The Bertz CT molecular complexity index is 379. The number of fused-ring (bicyclic) bond motifs is 2. The molecule has 0 radical (unpaired) electrons. The lowest BCUT2D eigenvalue weighted by atomic mass is 10.0. The molecular weight excluding hydrogens is 268 g/mol. The average Bonchev–Trinajstić information content (AvgIpc) is 3.01. The van der Waals surface area contributed by atoms with Crippen molar-refractivity contribution >= 4 is 35.3 Å². The van der Waals surface area contributed by atoms with E-state index in [4.69, 9.17) is 0 Å². The molecule has 0 aromatic rings. The van der Waals surface area contributed by atoms with Gasteiger partial charge < -0.3 is 9.80 Å². The monoisotopic (exact) mass is 286 g/mol. The van der Waals surface area contributed by atoms with Gasteiger partial charge in [0.25, 0.3) is 11.8 Å². The van der Waals surface area contributed by atoms with Crippen molar-refractivity contribution < 1.29 is 9.59 Å². The summed E-state index contributed by atoms with van der Waals surface area (Å²) in [5, 5.41) is 0. The van der Waals surface area contributed by atoms with Crippen molar-refractivity contribution in [3.05, 3.63) is 0 Å². The van der Waals surface area contributed by atoms with Crippen LogP contribution in [0.4, 0.5) is 0 Å². The highest BCUT2D eigenvalue weighted by Crippen LogP contribution is 2.52. The predicted molar refractivity (Wildman–Crippen MR) is 74.4 cm³/mol. The van der Waals surface area contributed by atoms with E-state index >= 15 is 0 Å². The van der Waals surface area contributed by atoms with Gasteiger partial charge in [-0.1, -0.05) is 0 Å². The number of nitrogens with zero attached hydrogens (tertiary/aromatic N) is 2. The number of carbonyl (C=O) groups is 2. The molecule has 2 atom stereocenters. The SMILES string of the molecule is CS[C@@]12CCCN1C(=O)[C@]1(SC)CCCN1C2=O. The minimum atomic E-state index is -0.597. The van der Waals surface area contributed by atoms with Gasteiger partial charge in [0.15, 0.2) is 9.74 Å². The quantitative estimate of drug-likeness (QED) is 0.768. The van der Waals surface area contributed by atoms with Crippen LogP contribution in [0.2, 0.25) is 0 Å². The molecule has 3 aliphatic rings. The third-order valence-corrected chi connectivity index (χ3v) is 7.05. The van der Waals surface area contributed by atoms with Crippen LogP contribution in [-0.2, 0) is 9.59 Å². The van der Waals surface area contributed by atoms with E-state index in [0.29, 0.717) is 0 Å². The van der Waals surface area contributed by atoms with Gasteiger partial charge in [0.05, 0.1) is 0 Å². The lowest BCUT2D eigenvalue weighted by Gasteiger charge is -2.51. The zero-order chi connectivity index (χ0) is 13.0. The molecule has 3 saturated heterocycles. The molecule has 3 fully saturated rings. The van der Waals surface area contributed by atoms with E-state index in [1.54, 1.807) is 0 Å². The van der Waals surface area contributed by atoms with Crippen molar-refractivity contribution in [2.75, 3.05) is 25.6 Å². The molecule has 0 bridgehead atoms. The van der Waals surface area contributed by atoms with E-state index in [-0.39, 0.29) is 11.8 Å². The number of thioether (sulfide) groups is 2. The summed E-state index contributed by atoms with van der Waals surface area (Å²) in [6, 6.07) is 0. The van der Waals surface area contributed by atoms with Crippen LogP contribution < -0.4 is 0 Å². The first kappa shape index (κ1) is 12.7. The summed E-state index contributed by atoms with van der Waals surface area (Å²) in [4.78, 5) is 28.2. The maximum atomic E-state index is 12.8. The summed E-state index contributed by atoms with van der Waals surface area (Å²) in [5.74, 6) is 0.331. The third-order valence-electron chi connectivity index (χ3n) is 4.50. The van der Waals surface area contributed by atoms with Gasteiger partial charge in [-0.25, -0.2) is 0 Å². The first-order valence-electron chi connectivity index (χ1n) is 6.37. The van der Waals surface area contributed by atoms with E-state index < -0.39 is 9.74 Å². The Labute approximate surface area is 116 Å². The zero-order valence-corrected chi connectivity index (χ0v) is 12.4. The van der Waals surface area contributed by atoms with Crippen LogP contribution in [0.15, 0.2) is 0 Å². The summed E-state index contributed by atoms with van der Waals surface area (Å²) < 4.78 is 0. The molecule has 0 aliphatic carbocycles. The molecule has 2 amide bonds. The smallest absolute Gasteiger partial charge is 0.260 e. The summed E-state index contributed by atoms with van der Waals surface area (Å²) in [5.41, 5.74) is 0. The van der Waals surface area contributed by atoms with E-state index in [1.807, 2.05) is 22.3 Å². The van der Waals surface area contributed by atoms with E-state index in [9.17, 15) is 9.59 Å². The Morgan fingerprint density at radius 3 is 1.61 bits per heavy atom. The number of amides is 2. The van der Waals surface area contributed by atoms with Crippen LogP contribution in [0.25, 0.3) is 0 Å². The molecule has 0 N–H and O–H groups in total. The maximum Gasteiger partial charge on any atom is 0.260 e. The highest BCUT2D eigenvalue weighted by molar-refractivity contribution is 8.01. The van der Waals surface area contributed by atoms with Crippen molar-refractivity contribution in [2.45, 2.75) is 35.4 Å². The number of carbonyl (C=O) groups excluding carboxylic acids is 2. The van der Waals surface area contributed by atoms with Gasteiger partial charge in [0, 0.05) is 13.1 Å². The molecule has 0 aromatic heterocycles. The van der Waals surface area contributed by atoms with Crippen molar-refractivity contribution in [3.8, 4) is 0 Å². The maximum absolute atomic E-state index is 12.8. The van der Waals surface area contributed by atoms with Gasteiger partial charge in [-0.2, -0.15) is 0 Å². The molecule has 0 aromatic carbocycles. The lowest BCUT2D eigenvalue weighted by Crippen LogP contribution is -2.70. The average molecular weight is 286 g/mol. The topological polar surface area (TPSA) is 40.6 Å². The number of hydrogen-bond acceptors (Lipinski definition) is 4. The van der Waals surface area contributed by atoms with Gasteiger partial charge in [0.1, 0.15) is 0 Å². The normalized spacial score (nSPS) is 39.2. The van der Waals surface area contributed by atoms with Crippen molar-refractivity contribution in [2.24, 2.45) is 0 Å². The van der Waals surface area contributed by atoms with Gasteiger partial charge in [0.2, 0.25) is 0 Å². The second kappa shape index (κ2) is 4.07. The summed E-state index contributed by atoms with van der Waals surface area (Å²) in [6.07, 6.45) is 7.39. The second-order valence-electron chi connectivity index (χ2n) is 5.10. The largest absolute Gasteiger partial charge is 0.317 e. The van der Waals surface area contributed by atoms with Gasteiger partial charge in [-0.05, 0) is 38.2 Å². The van der Waals surface area contributed by atoms with E-state index in [2.05, 4.69) is 0 Å². The molecule has 0 saturated carbocycles.